The topological polar surface area (TPSA) is 159 Å². The van der Waals surface area contributed by atoms with Gasteiger partial charge in [-0.25, -0.2) is 4.98 Å². The standard InChI is InChI=1S/C44H69N7O6S/c1-11-26(4)38(50(8)44(55)37(25(2)3)48-42(54)39-31-17-18-33(27(31)5)49(39)7)35(56-9)24-36(52)51-20-13-16-34(51)40(57-10)28(6)41(53)47-32(43-46-19-21-58-43)23-29-14-12-15-30(45)22-29/h12,14-15,19,21-22,25-28,31-35,37-40H,11,13,16-18,20,23-24,45H2,1-10H3,(H,47,53)(H,48,54)/t26-,27-,28+,31-,32-,33-,34-,35+,37-,38-,39-,40+/m0/s1. The van der Waals surface area contributed by atoms with Crippen LogP contribution < -0.4 is 16.4 Å². The second-order valence-electron chi connectivity index (χ2n) is 17.5. The van der Waals surface area contributed by atoms with Crippen LogP contribution >= 0.6 is 11.3 Å². The Morgan fingerprint density at radius 3 is 2.40 bits per heavy atom. The summed E-state index contributed by atoms with van der Waals surface area (Å²) in [4.78, 5) is 66.9. The van der Waals surface area contributed by atoms with Crippen LogP contribution in [0, 0.1) is 29.6 Å². The maximum Gasteiger partial charge on any atom is 0.245 e. The van der Waals surface area contributed by atoms with Gasteiger partial charge in [0.25, 0.3) is 0 Å². The summed E-state index contributed by atoms with van der Waals surface area (Å²) in [5, 5.41) is 9.07. The molecule has 0 spiro atoms. The minimum absolute atomic E-state index is 0.00399. The van der Waals surface area contributed by atoms with Crippen LogP contribution in [0.3, 0.4) is 0 Å². The molecule has 0 unspecified atom stereocenters. The number of aromatic nitrogens is 1. The number of carbonyl (C=O) groups is 4. The second kappa shape index (κ2) is 20.1. The number of piperidine rings is 1. The number of nitrogens with zero attached hydrogens (tertiary/aromatic N) is 4. The van der Waals surface area contributed by atoms with E-state index in [1.165, 1.54) is 11.3 Å². The molecule has 1 saturated carbocycles. The molecule has 322 valence electrons. The molecule has 1 aromatic carbocycles. The van der Waals surface area contributed by atoms with Crippen molar-refractivity contribution in [3.8, 4) is 0 Å². The summed E-state index contributed by atoms with van der Waals surface area (Å²) in [7, 11) is 6.99. The zero-order valence-electron chi connectivity index (χ0n) is 36.4. The van der Waals surface area contributed by atoms with Crippen molar-refractivity contribution in [1.29, 1.82) is 0 Å². The number of nitrogens with two attached hydrogens (primary N) is 1. The quantitative estimate of drug-likeness (QED) is 0.167. The Hall–Kier alpha value is -3.59. The van der Waals surface area contributed by atoms with Gasteiger partial charge in [-0.1, -0.05) is 60.1 Å². The third kappa shape index (κ3) is 9.88. The number of methoxy groups -OCH3 is 2. The first-order valence-corrected chi connectivity index (χ1v) is 22.2. The van der Waals surface area contributed by atoms with Gasteiger partial charge in [0.1, 0.15) is 11.0 Å². The summed E-state index contributed by atoms with van der Waals surface area (Å²) in [5.74, 6) is -0.556. The van der Waals surface area contributed by atoms with Gasteiger partial charge < -0.3 is 35.6 Å². The van der Waals surface area contributed by atoms with Crippen LogP contribution in [0.1, 0.15) is 96.7 Å². The number of carbonyl (C=O) groups excluding carboxylic acids is 4. The number of nitrogen functional groups attached to an aromatic ring is 1. The van der Waals surface area contributed by atoms with Crippen LogP contribution in [0.4, 0.5) is 5.69 Å². The highest BCUT2D eigenvalue weighted by Crippen LogP contribution is 2.46. The molecule has 58 heavy (non-hydrogen) atoms. The van der Waals surface area contributed by atoms with E-state index in [9.17, 15) is 19.2 Å². The normalized spacial score (nSPS) is 25.5. The van der Waals surface area contributed by atoms with Crippen LogP contribution in [-0.2, 0) is 35.1 Å². The molecular weight excluding hydrogens is 755 g/mol. The molecule has 13 nitrogen and oxygen atoms in total. The van der Waals surface area contributed by atoms with Gasteiger partial charge in [0.15, 0.2) is 0 Å². The van der Waals surface area contributed by atoms with E-state index in [4.69, 9.17) is 15.2 Å². The number of likely N-dealkylation sites (tertiary alicyclic amines) is 2. The highest BCUT2D eigenvalue weighted by molar-refractivity contribution is 7.09. The number of benzene rings is 1. The summed E-state index contributed by atoms with van der Waals surface area (Å²) >= 11 is 1.48. The number of fused-ring (bicyclic) bond motifs is 2. The summed E-state index contributed by atoms with van der Waals surface area (Å²) < 4.78 is 12.1. The van der Waals surface area contributed by atoms with Crippen molar-refractivity contribution < 1.29 is 28.7 Å². The van der Waals surface area contributed by atoms with Gasteiger partial charge in [-0.05, 0) is 80.5 Å². The van der Waals surface area contributed by atoms with Crippen LogP contribution in [0.15, 0.2) is 35.8 Å². The Morgan fingerprint density at radius 2 is 1.81 bits per heavy atom. The number of amides is 4. The third-order valence-electron chi connectivity index (χ3n) is 13.7. The summed E-state index contributed by atoms with van der Waals surface area (Å²) in [6.45, 7) is 12.7. The van der Waals surface area contributed by atoms with Gasteiger partial charge >= 0.3 is 0 Å². The molecule has 5 rings (SSSR count). The van der Waals surface area contributed by atoms with Gasteiger partial charge in [-0.2, -0.15) is 0 Å². The van der Waals surface area contributed by atoms with E-state index in [1.807, 2.05) is 62.4 Å². The summed E-state index contributed by atoms with van der Waals surface area (Å²) in [5.41, 5.74) is 7.70. The van der Waals surface area contributed by atoms with Crippen molar-refractivity contribution in [3.63, 3.8) is 0 Å². The molecule has 1 aromatic heterocycles. The Kier molecular flexibility index (Phi) is 15.8. The molecule has 14 heteroatoms. The lowest BCUT2D eigenvalue weighted by Gasteiger charge is -2.41. The van der Waals surface area contributed by atoms with Crippen LogP contribution in [0.5, 0.6) is 0 Å². The molecule has 4 N–H and O–H groups in total. The van der Waals surface area contributed by atoms with E-state index < -0.39 is 30.2 Å². The lowest BCUT2D eigenvalue weighted by molar-refractivity contribution is -0.148. The van der Waals surface area contributed by atoms with Crippen LogP contribution in [0.25, 0.3) is 0 Å². The van der Waals surface area contributed by atoms with Crippen molar-refractivity contribution in [2.75, 3.05) is 40.6 Å². The number of hydrogen-bond donors (Lipinski definition) is 3. The average Bonchev–Trinajstić information content (AvgIpc) is 4.02. The number of hydrogen-bond acceptors (Lipinski definition) is 10. The first kappa shape index (κ1) is 45.5. The number of nitrogens with one attached hydrogen (secondary N) is 2. The zero-order valence-corrected chi connectivity index (χ0v) is 37.2. The van der Waals surface area contributed by atoms with E-state index in [2.05, 4.69) is 41.3 Å². The first-order valence-electron chi connectivity index (χ1n) is 21.3. The first-order chi connectivity index (χ1) is 27.6. The molecular formula is C44H69N7O6S. The number of ether oxygens (including phenoxy) is 2. The van der Waals surface area contributed by atoms with E-state index in [-0.39, 0.29) is 65.9 Å². The predicted octanol–water partition coefficient (Wildman–Crippen LogP) is 4.92. The van der Waals surface area contributed by atoms with Crippen molar-refractivity contribution >= 4 is 40.7 Å². The monoisotopic (exact) mass is 824 g/mol. The highest BCUT2D eigenvalue weighted by Gasteiger charge is 2.53. The SMILES string of the molecule is CC[C@H](C)[C@@H]([C@@H](CC(=O)N1CCC[C@H]1[C@H](OC)[C@@H](C)C(=O)N[C@@H](Cc1cccc(N)c1)c1nccs1)OC)N(C)C(=O)[C@@H](NC(=O)[C@@H]1[C@H]2CC[C@@H]([C@H]2C)N1C)C(C)C. The average molecular weight is 824 g/mol. The lowest BCUT2D eigenvalue weighted by Crippen LogP contribution is -2.60. The van der Waals surface area contributed by atoms with E-state index in [0.717, 1.165) is 36.3 Å². The van der Waals surface area contributed by atoms with Crippen molar-refractivity contribution in [1.82, 2.24) is 30.3 Å². The smallest absolute Gasteiger partial charge is 0.245 e. The van der Waals surface area contributed by atoms with Gasteiger partial charge in [0, 0.05) is 51.1 Å². The molecule has 0 radical (unpaired) electrons. The predicted molar refractivity (Wildman–Crippen MR) is 228 cm³/mol. The molecule has 3 fully saturated rings. The fraction of sp³-hybridized carbons (Fsp3) is 0.705. The van der Waals surface area contributed by atoms with Crippen molar-refractivity contribution in [2.24, 2.45) is 29.6 Å². The van der Waals surface area contributed by atoms with E-state index in [0.29, 0.717) is 37.0 Å². The van der Waals surface area contributed by atoms with Crippen molar-refractivity contribution in [2.45, 2.75) is 135 Å². The summed E-state index contributed by atoms with van der Waals surface area (Å²) in [6, 6.07) is 5.95. The van der Waals surface area contributed by atoms with Gasteiger partial charge in [0.05, 0.1) is 48.7 Å². The molecule has 4 amide bonds. The van der Waals surface area contributed by atoms with Crippen LogP contribution in [-0.4, -0.2) is 121 Å². The Balaban J connectivity index is 1.27. The summed E-state index contributed by atoms with van der Waals surface area (Å²) in [6.07, 6.45) is 5.51. The van der Waals surface area contributed by atoms with E-state index in [1.54, 1.807) is 32.4 Å². The van der Waals surface area contributed by atoms with E-state index >= 15 is 0 Å². The molecule has 3 heterocycles. The van der Waals surface area contributed by atoms with Crippen molar-refractivity contribution in [3.05, 3.63) is 46.4 Å². The number of anilines is 1. The molecule has 1 aliphatic carbocycles. The van der Waals surface area contributed by atoms with Gasteiger partial charge in [-0.15, -0.1) is 11.3 Å². The second-order valence-corrected chi connectivity index (χ2v) is 18.4. The van der Waals surface area contributed by atoms with Gasteiger partial charge in [-0.3, -0.25) is 24.1 Å². The van der Waals surface area contributed by atoms with Gasteiger partial charge in [0.2, 0.25) is 23.6 Å². The highest BCUT2D eigenvalue weighted by atomic mass is 32.1. The number of rotatable bonds is 19. The molecule has 2 aromatic rings. The molecule has 2 aliphatic heterocycles. The largest absolute Gasteiger partial charge is 0.399 e. The molecule has 12 atom stereocenters. The molecule has 2 bridgehead atoms. The fourth-order valence-electron chi connectivity index (χ4n) is 10.2. The molecule has 2 saturated heterocycles. The minimum atomic E-state index is -0.723. The fourth-order valence-corrected chi connectivity index (χ4v) is 10.9. The maximum absolute atomic E-state index is 14.4. The number of thiazole rings is 1. The molecule has 3 aliphatic rings. The Bertz CT molecular complexity index is 1690. The number of likely N-dealkylation sites (N-methyl/N-ethyl adjacent to an activating group) is 2. The minimum Gasteiger partial charge on any atom is -0.399 e. The lowest BCUT2D eigenvalue weighted by atomic mass is 9.89. The zero-order chi connectivity index (χ0) is 42.4. The Labute approximate surface area is 350 Å². The third-order valence-corrected chi connectivity index (χ3v) is 14.5. The van der Waals surface area contributed by atoms with Crippen LogP contribution in [0.2, 0.25) is 0 Å². The Morgan fingerprint density at radius 1 is 1.07 bits per heavy atom. The maximum atomic E-state index is 14.4.